The topological polar surface area (TPSA) is 50.8 Å². The Morgan fingerprint density at radius 2 is 1.70 bits per heavy atom. The number of benzene rings is 2. The summed E-state index contributed by atoms with van der Waals surface area (Å²) in [4.78, 5) is 13.8. The average molecular weight is 314 g/mol. The fraction of sp³-hybridized carbons (Fsp3) is 0.278. The Balaban J connectivity index is 1.68. The molecule has 0 atom stereocenters. The lowest BCUT2D eigenvalue weighted by Gasteiger charge is -2.16. The van der Waals surface area contributed by atoms with Crippen molar-refractivity contribution in [2.45, 2.75) is 0 Å². The van der Waals surface area contributed by atoms with Crippen molar-refractivity contribution < 1.29 is 14.3 Å². The number of rotatable bonds is 8. The first-order valence-electron chi connectivity index (χ1n) is 7.47. The van der Waals surface area contributed by atoms with Crippen LogP contribution >= 0.6 is 0 Å². The lowest BCUT2D eigenvalue weighted by Crippen LogP contribution is -2.33. The van der Waals surface area contributed by atoms with Gasteiger partial charge in [0.1, 0.15) is 18.1 Å². The second kappa shape index (κ2) is 8.80. The highest BCUT2D eigenvalue weighted by Crippen LogP contribution is 2.16. The molecule has 122 valence electrons. The molecule has 0 saturated carbocycles. The lowest BCUT2D eigenvalue weighted by atomic mass is 10.3. The molecule has 0 spiro atoms. The van der Waals surface area contributed by atoms with Crippen LogP contribution in [0.4, 0.5) is 5.69 Å². The van der Waals surface area contributed by atoms with Crippen LogP contribution in [0.15, 0.2) is 54.6 Å². The second-order valence-electron chi connectivity index (χ2n) is 5.18. The fourth-order valence-corrected chi connectivity index (χ4v) is 2.04. The van der Waals surface area contributed by atoms with Crippen molar-refractivity contribution >= 4 is 11.6 Å². The summed E-state index contributed by atoms with van der Waals surface area (Å²) >= 11 is 0. The summed E-state index contributed by atoms with van der Waals surface area (Å²) in [7, 11) is 3.52. The van der Waals surface area contributed by atoms with Crippen LogP contribution in [0.1, 0.15) is 0 Å². The van der Waals surface area contributed by atoms with E-state index >= 15 is 0 Å². The first-order chi connectivity index (χ1) is 11.2. The molecule has 5 heteroatoms. The summed E-state index contributed by atoms with van der Waals surface area (Å²) in [5, 5.41) is 2.86. The van der Waals surface area contributed by atoms with Crippen LogP contribution in [-0.4, -0.2) is 44.7 Å². The molecule has 2 rings (SSSR count). The van der Waals surface area contributed by atoms with E-state index in [1.165, 1.54) is 0 Å². The molecule has 0 aromatic heterocycles. The van der Waals surface area contributed by atoms with Gasteiger partial charge in [-0.15, -0.1) is 0 Å². The lowest BCUT2D eigenvalue weighted by molar-refractivity contribution is -0.117. The Bertz CT molecular complexity index is 599. The molecule has 0 heterocycles. The van der Waals surface area contributed by atoms with Crippen LogP contribution < -0.4 is 14.8 Å². The molecule has 0 fully saturated rings. The molecule has 0 aliphatic heterocycles. The van der Waals surface area contributed by atoms with Crippen LogP contribution in [0, 0.1) is 0 Å². The molecule has 2 aromatic rings. The Morgan fingerprint density at radius 1 is 1.04 bits per heavy atom. The Morgan fingerprint density at radius 3 is 2.35 bits per heavy atom. The summed E-state index contributed by atoms with van der Waals surface area (Å²) in [5.74, 6) is 1.54. The first kappa shape index (κ1) is 16.8. The van der Waals surface area contributed by atoms with E-state index in [9.17, 15) is 4.79 Å². The van der Waals surface area contributed by atoms with Gasteiger partial charge in [-0.2, -0.15) is 0 Å². The quantitative estimate of drug-likeness (QED) is 0.814. The molecule has 2 aromatic carbocycles. The summed E-state index contributed by atoms with van der Waals surface area (Å²) in [5.41, 5.74) is 0.806. The van der Waals surface area contributed by atoms with Gasteiger partial charge in [0.05, 0.1) is 13.7 Å². The van der Waals surface area contributed by atoms with E-state index in [0.29, 0.717) is 19.7 Å². The molecule has 23 heavy (non-hydrogen) atoms. The van der Waals surface area contributed by atoms with Crippen molar-refractivity contribution in [3.8, 4) is 11.5 Å². The van der Waals surface area contributed by atoms with Gasteiger partial charge in [0, 0.05) is 12.2 Å². The van der Waals surface area contributed by atoms with E-state index in [2.05, 4.69) is 5.32 Å². The van der Waals surface area contributed by atoms with E-state index in [1.807, 2.05) is 66.5 Å². The first-order valence-corrected chi connectivity index (χ1v) is 7.47. The van der Waals surface area contributed by atoms with Gasteiger partial charge >= 0.3 is 0 Å². The minimum atomic E-state index is -0.0388. The highest BCUT2D eigenvalue weighted by Gasteiger charge is 2.07. The number of carbonyl (C=O) groups is 1. The highest BCUT2D eigenvalue weighted by atomic mass is 16.5. The zero-order chi connectivity index (χ0) is 16.5. The molecule has 0 aliphatic carbocycles. The zero-order valence-electron chi connectivity index (χ0n) is 13.5. The molecule has 5 nitrogen and oxygen atoms in total. The molecule has 0 unspecified atom stereocenters. The molecule has 1 N–H and O–H groups in total. The standard InChI is InChI=1S/C18H22N2O3/c1-20(14-18(21)19-15-6-4-3-5-7-15)12-13-23-17-10-8-16(22-2)9-11-17/h3-11H,12-14H2,1-2H3,(H,19,21). The maximum absolute atomic E-state index is 11.9. The smallest absolute Gasteiger partial charge is 0.238 e. The van der Waals surface area contributed by atoms with Crippen LogP contribution in [0.25, 0.3) is 0 Å². The van der Waals surface area contributed by atoms with Gasteiger partial charge in [0.25, 0.3) is 0 Å². The number of hydrogen-bond donors (Lipinski definition) is 1. The van der Waals surface area contributed by atoms with Crippen LogP contribution in [0.3, 0.4) is 0 Å². The van der Waals surface area contributed by atoms with E-state index in [-0.39, 0.29) is 5.91 Å². The largest absolute Gasteiger partial charge is 0.497 e. The fourth-order valence-electron chi connectivity index (χ4n) is 2.04. The van der Waals surface area contributed by atoms with E-state index < -0.39 is 0 Å². The van der Waals surface area contributed by atoms with Crippen LogP contribution in [0.2, 0.25) is 0 Å². The Kier molecular flexibility index (Phi) is 6.44. The van der Waals surface area contributed by atoms with Crippen molar-refractivity contribution in [2.24, 2.45) is 0 Å². The van der Waals surface area contributed by atoms with Crippen molar-refractivity contribution in [3.05, 3.63) is 54.6 Å². The molecule has 0 aliphatic rings. The van der Waals surface area contributed by atoms with Crippen LogP contribution in [-0.2, 0) is 4.79 Å². The van der Waals surface area contributed by atoms with Gasteiger partial charge in [-0.1, -0.05) is 18.2 Å². The summed E-state index contributed by atoms with van der Waals surface area (Å²) in [6.45, 7) is 1.50. The van der Waals surface area contributed by atoms with Crippen LogP contribution in [0.5, 0.6) is 11.5 Å². The number of amides is 1. The number of ether oxygens (including phenoxy) is 2. The molecule has 0 saturated heterocycles. The molecule has 0 radical (unpaired) electrons. The second-order valence-corrected chi connectivity index (χ2v) is 5.18. The summed E-state index contributed by atoms with van der Waals surface area (Å²) in [6, 6.07) is 16.9. The molecule has 1 amide bonds. The van der Waals surface area contributed by atoms with Crippen molar-refractivity contribution in [1.82, 2.24) is 4.90 Å². The number of likely N-dealkylation sites (N-methyl/N-ethyl adjacent to an activating group) is 1. The highest BCUT2D eigenvalue weighted by molar-refractivity contribution is 5.92. The third kappa shape index (κ3) is 6.00. The van der Waals surface area contributed by atoms with Gasteiger partial charge in [0.15, 0.2) is 0 Å². The number of para-hydroxylation sites is 1. The SMILES string of the molecule is COc1ccc(OCCN(C)CC(=O)Nc2ccccc2)cc1. The molecular formula is C18H22N2O3. The Hall–Kier alpha value is -2.53. The van der Waals surface area contributed by atoms with E-state index in [1.54, 1.807) is 7.11 Å². The number of nitrogens with zero attached hydrogens (tertiary/aromatic N) is 1. The van der Waals surface area contributed by atoms with Crippen molar-refractivity contribution in [2.75, 3.05) is 39.2 Å². The van der Waals surface area contributed by atoms with E-state index in [4.69, 9.17) is 9.47 Å². The predicted octanol–water partition coefficient (Wildman–Crippen LogP) is 2.64. The minimum Gasteiger partial charge on any atom is -0.497 e. The van der Waals surface area contributed by atoms with Crippen molar-refractivity contribution in [1.29, 1.82) is 0 Å². The van der Waals surface area contributed by atoms with Gasteiger partial charge < -0.3 is 14.8 Å². The number of methoxy groups -OCH3 is 1. The number of hydrogen-bond acceptors (Lipinski definition) is 4. The maximum Gasteiger partial charge on any atom is 0.238 e. The third-order valence-corrected chi connectivity index (χ3v) is 3.27. The maximum atomic E-state index is 11.9. The number of carbonyl (C=O) groups excluding carboxylic acids is 1. The molecule has 0 bridgehead atoms. The van der Waals surface area contributed by atoms with Gasteiger partial charge in [-0.05, 0) is 43.4 Å². The van der Waals surface area contributed by atoms with E-state index in [0.717, 1.165) is 17.2 Å². The Labute approximate surface area is 136 Å². The molecular weight excluding hydrogens is 292 g/mol. The monoisotopic (exact) mass is 314 g/mol. The summed E-state index contributed by atoms with van der Waals surface area (Å²) < 4.78 is 10.7. The van der Waals surface area contributed by atoms with Gasteiger partial charge in [-0.3, -0.25) is 9.69 Å². The number of nitrogens with one attached hydrogen (secondary N) is 1. The average Bonchev–Trinajstić information content (AvgIpc) is 2.56. The predicted molar refractivity (Wildman–Crippen MR) is 91.1 cm³/mol. The van der Waals surface area contributed by atoms with Gasteiger partial charge in [-0.25, -0.2) is 0 Å². The normalized spacial score (nSPS) is 10.4. The van der Waals surface area contributed by atoms with Gasteiger partial charge in [0.2, 0.25) is 5.91 Å². The minimum absolute atomic E-state index is 0.0388. The van der Waals surface area contributed by atoms with Crippen molar-refractivity contribution in [3.63, 3.8) is 0 Å². The zero-order valence-corrected chi connectivity index (χ0v) is 13.5. The third-order valence-electron chi connectivity index (χ3n) is 3.27. The summed E-state index contributed by atoms with van der Waals surface area (Å²) in [6.07, 6.45) is 0. The number of anilines is 1.